The van der Waals surface area contributed by atoms with Crippen LogP contribution in [0.15, 0.2) is 47.6 Å². The second kappa shape index (κ2) is 10.6. The quantitative estimate of drug-likeness (QED) is 0.455. The Balaban J connectivity index is 1.52. The lowest BCUT2D eigenvalue weighted by Gasteiger charge is -2.09. The van der Waals surface area contributed by atoms with Crippen molar-refractivity contribution in [1.82, 2.24) is 14.8 Å². The molecule has 1 amide bonds. The molecule has 0 bridgehead atoms. The zero-order chi connectivity index (χ0) is 21.5. The summed E-state index contributed by atoms with van der Waals surface area (Å²) in [5, 5.41) is 12.7. The van der Waals surface area contributed by atoms with E-state index in [9.17, 15) is 4.79 Å². The van der Waals surface area contributed by atoms with Crippen LogP contribution in [0.2, 0.25) is 10.0 Å². The summed E-state index contributed by atoms with van der Waals surface area (Å²) in [7, 11) is 1.81. The van der Waals surface area contributed by atoms with Crippen LogP contribution < -0.4 is 14.8 Å². The van der Waals surface area contributed by atoms with Gasteiger partial charge in [0.25, 0.3) is 0 Å². The van der Waals surface area contributed by atoms with Gasteiger partial charge in [0.05, 0.1) is 17.4 Å². The first kappa shape index (κ1) is 22.3. The van der Waals surface area contributed by atoms with E-state index in [0.717, 1.165) is 5.75 Å². The molecule has 3 aromatic rings. The highest BCUT2D eigenvalue weighted by atomic mass is 35.5. The first-order valence-electron chi connectivity index (χ1n) is 9.08. The lowest BCUT2D eigenvalue weighted by atomic mass is 10.3. The molecule has 1 heterocycles. The summed E-state index contributed by atoms with van der Waals surface area (Å²) in [5.41, 5.74) is 0.703. The van der Waals surface area contributed by atoms with Gasteiger partial charge < -0.3 is 19.4 Å². The molecule has 158 valence electrons. The Bertz CT molecular complexity index is 1010. The zero-order valence-electron chi connectivity index (χ0n) is 16.4. The number of thioether (sulfide) groups is 1. The van der Waals surface area contributed by atoms with E-state index < -0.39 is 0 Å². The molecule has 0 atom stereocenters. The molecule has 0 radical (unpaired) electrons. The van der Waals surface area contributed by atoms with Crippen molar-refractivity contribution in [3.8, 4) is 11.5 Å². The smallest absolute Gasteiger partial charge is 0.234 e. The Morgan fingerprint density at radius 2 is 1.90 bits per heavy atom. The second-order valence-corrected chi connectivity index (χ2v) is 7.90. The zero-order valence-corrected chi connectivity index (χ0v) is 18.7. The monoisotopic (exact) mass is 466 g/mol. The van der Waals surface area contributed by atoms with Crippen LogP contribution in [0.5, 0.6) is 11.5 Å². The summed E-state index contributed by atoms with van der Waals surface area (Å²) in [4.78, 5) is 12.2. The van der Waals surface area contributed by atoms with Gasteiger partial charge in [0.2, 0.25) is 5.91 Å². The first-order valence-corrected chi connectivity index (χ1v) is 10.8. The number of benzene rings is 2. The van der Waals surface area contributed by atoms with Crippen molar-refractivity contribution in [2.75, 3.05) is 17.7 Å². The van der Waals surface area contributed by atoms with Crippen molar-refractivity contribution in [1.29, 1.82) is 0 Å². The molecular weight excluding hydrogens is 447 g/mol. The van der Waals surface area contributed by atoms with Crippen LogP contribution in [-0.4, -0.2) is 33.0 Å². The van der Waals surface area contributed by atoms with Crippen LogP contribution in [0.3, 0.4) is 0 Å². The van der Waals surface area contributed by atoms with E-state index in [2.05, 4.69) is 15.5 Å². The molecule has 3 rings (SSSR count). The summed E-state index contributed by atoms with van der Waals surface area (Å²) in [6, 6.07) is 12.2. The maximum atomic E-state index is 12.2. The molecule has 0 fully saturated rings. The highest BCUT2D eigenvalue weighted by Crippen LogP contribution is 2.28. The predicted octanol–water partition coefficient (Wildman–Crippen LogP) is 4.83. The number of aromatic nitrogens is 3. The highest BCUT2D eigenvalue weighted by Gasteiger charge is 2.13. The lowest BCUT2D eigenvalue weighted by Crippen LogP contribution is -2.14. The minimum absolute atomic E-state index is 0.143. The largest absolute Gasteiger partial charge is 0.494 e. The van der Waals surface area contributed by atoms with Gasteiger partial charge >= 0.3 is 0 Å². The molecule has 30 heavy (non-hydrogen) atoms. The molecule has 2 aromatic carbocycles. The molecule has 7 nitrogen and oxygen atoms in total. The summed E-state index contributed by atoms with van der Waals surface area (Å²) in [5.74, 6) is 1.88. The van der Waals surface area contributed by atoms with Gasteiger partial charge in [-0.05, 0) is 43.3 Å². The maximum absolute atomic E-state index is 12.2. The molecule has 1 aromatic heterocycles. The van der Waals surface area contributed by atoms with Gasteiger partial charge in [-0.1, -0.05) is 35.0 Å². The number of rotatable bonds is 9. The van der Waals surface area contributed by atoms with Gasteiger partial charge in [-0.2, -0.15) is 0 Å². The average Bonchev–Trinajstić information content (AvgIpc) is 3.08. The van der Waals surface area contributed by atoms with Crippen molar-refractivity contribution in [2.24, 2.45) is 7.05 Å². The van der Waals surface area contributed by atoms with Crippen molar-refractivity contribution in [3.63, 3.8) is 0 Å². The number of ether oxygens (including phenoxy) is 2. The number of halogens is 2. The highest BCUT2D eigenvalue weighted by molar-refractivity contribution is 7.99. The summed E-state index contributed by atoms with van der Waals surface area (Å²) in [6.45, 7) is 2.69. The van der Waals surface area contributed by atoms with Gasteiger partial charge in [-0.3, -0.25) is 4.79 Å². The molecule has 0 unspecified atom stereocenters. The number of hydrogen-bond acceptors (Lipinski definition) is 6. The number of nitrogens with zero attached hydrogens (tertiary/aromatic N) is 3. The van der Waals surface area contributed by atoms with Crippen LogP contribution in [0, 0.1) is 0 Å². The van der Waals surface area contributed by atoms with Gasteiger partial charge in [0.15, 0.2) is 11.0 Å². The SMILES string of the molecule is CCOc1ccc(NC(=O)CSc2nnc(COc3cc(Cl)ccc3Cl)n2C)cc1. The van der Waals surface area contributed by atoms with E-state index in [1.807, 2.05) is 26.1 Å². The third kappa shape index (κ3) is 6.04. The van der Waals surface area contributed by atoms with Crippen LogP contribution in [0.25, 0.3) is 0 Å². The Hall–Kier alpha value is -2.42. The molecule has 1 N–H and O–H groups in total. The number of carbonyl (C=O) groups excluding carboxylic acids is 1. The third-order valence-corrected chi connectivity index (χ3v) is 5.52. The first-order chi connectivity index (χ1) is 14.5. The van der Waals surface area contributed by atoms with Gasteiger partial charge in [-0.15, -0.1) is 10.2 Å². The van der Waals surface area contributed by atoms with E-state index in [4.69, 9.17) is 32.7 Å². The molecule has 0 spiro atoms. The summed E-state index contributed by atoms with van der Waals surface area (Å²) < 4.78 is 12.9. The van der Waals surface area contributed by atoms with Crippen LogP contribution >= 0.6 is 35.0 Å². The van der Waals surface area contributed by atoms with Gasteiger partial charge in [0.1, 0.15) is 18.1 Å². The minimum Gasteiger partial charge on any atom is -0.494 e. The molecule has 0 saturated carbocycles. The molecule has 10 heteroatoms. The Kier molecular flexibility index (Phi) is 7.84. The molecule has 0 aliphatic carbocycles. The second-order valence-electron chi connectivity index (χ2n) is 6.12. The Morgan fingerprint density at radius 3 is 2.63 bits per heavy atom. The van der Waals surface area contributed by atoms with Gasteiger partial charge in [-0.25, -0.2) is 0 Å². The Morgan fingerprint density at radius 1 is 1.13 bits per heavy atom. The molecular formula is C20H20Cl2N4O3S. The fraction of sp³-hybridized carbons (Fsp3) is 0.250. The third-order valence-electron chi connectivity index (χ3n) is 3.96. The van der Waals surface area contributed by atoms with E-state index in [1.165, 1.54) is 11.8 Å². The Labute approximate surface area is 188 Å². The topological polar surface area (TPSA) is 78.3 Å². The predicted molar refractivity (Wildman–Crippen MR) is 119 cm³/mol. The van der Waals surface area contributed by atoms with Gasteiger partial charge in [0, 0.05) is 23.8 Å². The molecule has 0 aliphatic heterocycles. The van der Waals surface area contributed by atoms with Crippen LogP contribution in [-0.2, 0) is 18.4 Å². The number of nitrogens with one attached hydrogen (secondary N) is 1. The van der Waals surface area contributed by atoms with E-state index in [-0.39, 0.29) is 18.3 Å². The molecule has 0 aliphatic rings. The maximum Gasteiger partial charge on any atom is 0.234 e. The van der Waals surface area contributed by atoms with E-state index >= 15 is 0 Å². The van der Waals surface area contributed by atoms with Crippen molar-refractivity contribution in [2.45, 2.75) is 18.7 Å². The number of anilines is 1. The van der Waals surface area contributed by atoms with Crippen molar-refractivity contribution in [3.05, 3.63) is 58.3 Å². The van der Waals surface area contributed by atoms with E-state index in [1.54, 1.807) is 34.9 Å². The van der Waals surface area contributed by atoms with Crippen LogP contribution in [0.1, 0.15) is 12.7 Å². The normalized spacial score (nSPS) is 10.7. The van der Waals surface area contributed by atoms with Crippen molar-refractivity contribution >= 4 is 46.6 Å². The fourth-order valence-electron chi connectivity index (χ4n) is 2.45. The number of carbonyl (C=O) groups is 1. The number of hydrogen-bond donors (Lipinski definition) is 1. The molecule has 0 saturated heterocycles. The fourth-order valence-corrected chi connectivity index (χ4v) is 3.52. The summed E-state index contributed by atoms with van der Waals surface area (Å²) in [6.07, 6.45) is 0. The minimum atomic E-state index is -0.143. The number of amides is 1. The average molecular weight is 467 g/mol. The summed E-state index contributed by atoms with van der Waals surface area (Å²) >= 11 is 13.3. The van der Waals surface area contributed by atoms with Crippen LogP contribution in [0.4, 0.5) is 5.69 Å². The lowest BCUT2D eigenvalue weighted by molar-refractivity contribution is -0.113. The standard InChI is InChI=1S/C20H20Cl2N4O3S/c1-3-28-15-7-5-14(6-8-15)23-19(27)12-30-20-25-24-18(26(20)2)11-29-17-10-13(21)4-9-16(17)22/h4-10H,3,11-12H2,1-2H3,(H,23,27). The van der Waals surface area contributed by atoms with E-state index in [0.29, 0.717) is 39.1 Å². The van der Waals surface area contributed by atoms with Crippen molar-refractivity contribution < 1.29 is 14.3 Å².